The van der Waals surface area contributed by atoms with Gasteiger partial charge in [-0.2, -0.15) is 0 Å². The molecule has 0 unspecified atom stereocenters. The minimum Gasteiger partial charge on any atom is -0.385 e. The Morgan fingerprint density at radius 2 is 1.92 bits per heavy atom. The number of benzene rings is 1. The number of nitrogens with one attached hydrogen (secondary N) is 1. The van der Waals surface area contributed by atoms with Crippen molar-refractivity contribution in [3.63, 3.8) is 0 Å². The molecule has 0 heterocycles. The summed E-state index contributed by atoms with van der Waals surface area (Å²) in [5.41, 5.74) is 2.72. The van der Waals surface area contributed by atoms with Gasteiger partial charge in [0, 0.05) is 12.2 Å². The van der Waals surface area contributed by atoms with Gasteiger partial charge in [0.1, 0.15) is 0 Å². The van der Waals surface area contributed by atoms with Crippen LogP contribution in [0.15, 0.2) is 24.3 Å². The minimum absolute atomic E-state index is 0.722. The zero-order valence-electron chi connectivity index (χ0n) is 8.80. The molecule has 0 atom stereocenters. The molecule has 1 nitrogen and oxygen atoms in total. The van der Waals surface area contributed by atoms with E-state index in [0.717, 1.165) is 18.9 Å². The van der Waals surface area contributed by atoms with Crippen LogP contribution in [-0.4, -0.2) is 6.54 Å². The monoisotopic (exact) mass is 177 g/mol. The Bertz CT molecular complexity index is 253. The summed E-state index contributed by atoms with van der Waals surface area (Å²) in [5.74, 6) is 0.722. The first kappa shape index (κ1) is 10.1. The van der Waals surface area contributed by atoms with Gasteiger partial charge in [-0.1, -0.05) is 32.0 Å². The van der Waals surface area contributed by atoms with Crippen LogP contribution in [0.2, 0.25) is 0 Å². The van der Waals surface area contributed by atoms with Crippen molar-refractivity contribution in [1.82, 2.24) is 0 Å². The highest BCUT2D eigenvalue weighted by molar-refractivity contribution is 5.51. The van der Waals surface area contributed by atoms with Gasteiger partial charge in [-0.3, -0.25) is 0 Å². The maximum absolute atomic E-state index is 3.38. The summed E-state index contributed by atoms with van der Waals surface area (Å²) in [7, 11) is 0. The molecule has 1 rings (SSSR count). The summed E-state index contributed by atoms with van der Waals surface area (Å²) in [6.07, 6.45) is 1.16. The van der Waals surface area contributed by atoms with Gasteiger partial charge in [0.15, 0.2) is 0 Å². The molecule has 0 aliphatic rings. The second-order valence-electron chi connectivity index (χ2n) is 3.79. The average Bonchev–Trinajstić information content (AvgIpc) is 2.08. The highest BCUT2D eigenvalue weighted by Crippen LogP contribution is 2.18. The fourth-order valence-corrected chi connectivity index (χ4v) is 1.50. The van der Waals surface area contributed by atoms with E-state index in [9.17, 15) is 0 Å². The molecule has 0 bridgehead atoms. The first-order valence-electron chi connectivity index (χ1n) is 5.05. The number of hydrogen-bond donors (Lipinski definition) is 1. The van der Waals surface area contributed by atoms with E-state index in [4.69, 9.17) is 0 Å². The molecule has 72 valence electrons. The number of rotatable bonds is 4. The van der Waals surface area contributed by atoms with Crippen molar-refractivity contribution >= 4 is 5.69 Å². The predicted molar refractivity (Wildman–Crippen MR) is 59.1 cm³/mol. The summed E-state index contributed by atoms with van der Waals surface area (Å²) in [6.45, 7) is 7.63. The third-order valence-corrected chi connectivity index (χ3v) is 2.01. The van der Waals surface area contributed by atoms with Gasteiger partial charge in [-0.25, -0.2) is 0 Å². The lowest BCUT2D eigenvalue weighted by molar-refractivity contribution is 0.648. The largest absolute Gasteiger partial charge is 0.385 e. The Hall–Kier alpha value is -0.980. The van der Waals surface area contributed by atoms with Crippen molar-refractivity contribution < 1.29 is 0 Å². The number of para-hydroxylation sites is 1. The lowest BCUT2D eigenvalue weighted by Gasteiger charge is -2.11. The predicted octanol–water partition coefficient (Wildman–Crippen LogP) is 3.32. The zero-order chi connectivity index (χ0) is 9.68. The standard InChI is InChI=1S/C12H19N/c1-4-13-12-8-6-5-7-11(12)9-10(2)3/h5-8,10,13H,4,9H2,1-3H3. The van der Waals surface area contributed by atoms with E-state index >= 15 is 0 Å². The molecule has 0 aromatic heterocycles. The first-order valence-corrected chi connectivity index (χ1v) is 5.05. The second kappa shape index (κ2) is 4.90. The fraction of sp³-hybridized carbons (Fsp3) is 0.500. The third kappa shape index (κ3) is 3.10. The molecule has 0 aliphatic carbocycles. The first-order chi connectivity index (χ1) is 6.24. The lowest BCUT2D eigenvalue weighted by Crippen LogP contribution is -2.02. The summed E-state index contributed by atoms with van der Waals surface area (Å²) in [5, 5.41) is 3.38. The van der Waals surface area contributed by atoms with E-state index in [2.05, 4.69) is 50.4 Å². The van der Waals surface area contributed by atoms with Gasteiger partial charge in [0.2, 0.25) is 0 Å². The summed E-state index contributed by atoms with van der Waals surface area (Å²) in [6, 6.07) is 8.56. The van der Waals surface area contributed by atoms with Crippen LogP contribution in [0.5, 0.6) is 0 Å². The maximum atomic E-state index is 3.38. The van der Waals surface area contributed by atoms with Crippen molar-refractivity contribution in [2.45, 2.75) is 27.2 Å². The van der Waals surface area contributed by atoms with Gasteiger partial charge in [0.05, 0.1) is 0 Å². The Morgan fingerprint density at radius 1 is 1.23 bits per heavy atom. The summed E-state index contributed by atoms with van der Waals surface area (Å²) >= 11 is 0. The van der Waals surface area contributed by atoms with Crippen LogP contribution in [0, 0.1) is 5.92 Å². The molecule has 0 fully saturated rings. The molecule has 0 spiro atoms. The van der Waals surface area contributed by atoms with E-state index < -0.39 is 0 Å². The van der Waals surface area contributed by atoms with Crippen LogP contribution < -0.4 is 5.32 Å². The van der Waals surface area contributed by atoms with Gasteiger partial charge >= 0.3 is 0 Å². The quantitative estimate of drug-likeness (QED) is 0.744. The molecule has 1 heteroatoms. The normalized spacial score (nSPS) is 10.5. The Kier molecular flexibility index (Phi) is 3.81. The van der Waals surface area contributed by atoms with E-state index in [1.54, 1.807) is 0 Å². The number of anilines is 1. The molecule has 0 amide bonds. The van der Waals surface area contributed by atoms with Crippen LogP contribution in [0.25, 0.3) is 0 Å². The van der Waals surface area contributed by atoms with Gasteiger partial charge in [-0.15, -0.1) is 0 Å². The highest BCUT2D eigenvalue weighted by Gasteiger charge is 2.02. The SMILES string of the molecule is CCNc1ccccc1CC(C)C. The molecule has 1 aromatic carbocycles. The van der Waals surface area contributed by atoms with Crippen LogP contribution >= 0.6 is 0 Å². The van der Waals surface area contributed by atoms with Gasteiger partial charge in [0.25, 0.3) is 0 Å². The third-order valence-electron chi connectivity index (χ3n) is 2.01. The molecular formula is C12H19N. The van der Waals surface area contributed by atoms with Gasteiger partial charge in [-0.05, 0) is 30.9 Å². The van der Waals surface area contributed by atoms with Crippen LogP contribution in [0.1, 0.15) is 26.3 Å². The average molecular weight is 177 g/mol. The lowest BCUT2D eigenvalue weighted by atomic mass is 10.0. The molecular weight excluding hydrogens is 158 g/mol. The smallest absolute Gasteiger partial charge is 0.0372 e. The number of hydrogen-bond acceptors (Lipinski definition) is 1. The fourth-order valence-electron chi connectivity index (χ4n) is 1.50. The Morgan fingerprint density at radius 3 is 2.54 bits per heavy atom. The topological polar surface area (TPSA) is 12.0 Å². The Labute approximate surface area is 81.2 Å². The van der Waals surface area contributed by atoms with Crippen molar-refractivity contribution in [1.29, 1.82) is 0 Å². The molecule has 0 saturated carbocycles. The molecule has 13 heavy (non-hydrogen) atoms. The second-order valence-corrected chi connectivity index (χ2v) is 3.79. The van der Waals surface area contributed by atoms with Crippen LogP contribution in [0.3, 0.4) is 0 Å². The highest BCUT2D eigenvalue weighted by atomic mass is 14.9. The van der Waals surface area contributed by atoms with E-state index in [0.29, 0.717) is 0 Å². The van der Waals surface area contributed by atoms with Crippen molar-refractivity contribution in [2.75, 3.05) is 11.9 Å². The van der Waals surface area contributed by atoms with Crippen molar-refractivity contribution in [3.05, 3.63) is 29.8 Å². The molecule has 1 N–H and O–H groups in total. The van der Waals surface area contributed by atoms with Crippen molar-refractivity contribution in [2.24, 2.45) is 5.92 Å². The summed E-state index contributed by atoms with van der Waals surface area (Å²) < 4.78 is 0. The van der Waals surface area contributed by atoms with E-state index in [-0.39, 0.29) is 0 Å². The molecule has 0 saturated heterocycles. The minimum atomic E-state index is 0.722. The zero-order valence-corrected chi connectivity index (χ0v) is 8.80. The van der Waals surface area contributed by atoms with E-state index in [1.165, 1.54) is 11.3 Å². The van der Waals surface area contributed by atoms with Crippen LogP contribution in [-0.2, 0) is 6.42 Å². The molecule has 0 aliphatic heterocycles. The van der Waals surface area contributed by atoms with Crippen molar-refractivity contribution in [3.8, 4) is 0 Å². The molecule has 1 aromatic rings. The van der Waals surface area contributed by atoms with Gasteiger partial charge < -0.3 is 5.32 Å². The Balaban J connectivity index is 2.78. The summed E-state index contributed by atoms with van der Waals surface area (Å²) in [4.78, 5) is 0. The van der Waals surface area contributed by atoms with Crippen LogP contribution in [0.4, 0.5) is 5.69 Å². The molecule has 0 radical (unpaired) electrons. The maximum Gasteiger partial charge on any atom is 0.0372 e. The van der Waals surface area contributed by atoms with E-state index in [1.807, 2.05) is 0 Å².